The second kappa shape index (κ2) is 8.38. The molecule has 6 nitrogen and oxygen atoms in total. The number of methoxy groups -OCH3 is 2. The van der Waals surface area contributed by atoms with Crippen LogP contribution in [0.1, 0.15) is 12.8 Å². The summed E-state index contributed by atoms with van der Waals surface area (Å²) in [7, 11) is 6.30. The topological polar surface area (TPSA) is 76.7 Å². The lowest BCUT2D eigenvalue weighted by Crippen LogP contribution is -2.32. The van der Waals surface area contributed by atoms with Crippen molar-refractivity contribution in [3.05, 3.63) is 24.3 Å². The molecule has 0 aromatic carbocycles. The summed E-state index contributed by atoms with van der Waals surface area (Å²) in [5.74, 6) is 0. The predicted molar refractivity (Wildman–Crippen MR) is 88.9 cm³/mol. The van der Waals surface area contributed by atoms with E-state index in [4.69, 9.17) is 0 Å². The van der Waals surface area contributed by atoms with Gasteiger partial charge in [-0.25, -0.2) is 9.59 Å². The Morgan fingerprint density at radius 3 is 1.64 bits per heavy atom. The normalized spacial score (nSPS) is 29.4. The van der Waals surface area contributed by atoms with Crippen molar-refractivity contribution in [3.63, 3.8) is 0 Å². The summed E-state index contributed by atoms with van der Waals surface area (Å²) in [6.07, 6.45) is 9.16. The Balaban J connectivity index is 1.64. The summed E-state index contributed by atoms with van der Waals surface area (Å²) in [5.41, 5.74) is 0. The molecule has 0 radical (unpaired) electrons. The van der Waals surface area contributed by atoms with E-state index in [1.165, 1.54) is 14.2 Å². The molecule has 0 saturated carbocycles. The van der Waals surface area contributed by atoms with Crippen LogP contribution in [0, 0.1) is 0 Å². The van der Waals surface area contributed by atoms with Gasteiger partial charge in [0.15, 0.2) is 0 Å². The van der Waals surface area contributed by atoms with Crippen molar-refractivity contribution < 1.29 is 19.1 Å². The van der Waals surface area contributed by atoms with Crippen LogP contribution in [0.15, 0.2) is 24.3 Å². The minimum atomic E-state index is -0.400. The zero-order valence-electron chi connectivity index (χ0n) is 12.5. The average molecular weight is 344 g/mol. The molecule has 2 aliphatic rings. The van der Waals surface area contributed by atoms with Crippen LogP contribution in [0.5, 0.6) is 0 Å². The third kappa shape index (κ3) is 5.17. The predicted octanol–water partition coefficient (Wildman–Crippen LogP) is 2.47. The van der Waals surface area contributed by atoms with Crippen LogP contribution < -0.4 is 10.6 Å². The third-order valence-electron chi connectivity index (χ3n) is 3.37. The Morgan fingerprint density at radius 1 is 0.864 bits per heavy atom. The first-order chi connectivity index (χ1) is 10.6. The van der Waals surface area contributed by atoms with Gasteiger partial charge in [-0.05, 0) is 12.8 Å². The highest BCUT2D eigenvalue weighted by molar-refractivity contribution is 8.77. The van der Waals surface area contributed by atoms with Crippen LogP contribution in [-0.4, -0.2) is 49.0 Å². The number of hydrogen-bond donors (Lipinski definition) is 2. The highest BCUT2D eigenvalue weighted by atomic mass is 33.1. The third-order valence-corrected chi connectivity index (χ3v) is 6.49. The molecule has 0 aliphatic heterocycles. The van der Waals surface area contributed by atoms with E-state index in [1.54, 1.807) is 21.6 Å². The fourth-order valence-corrected chi connectivity index (χ4v) is 5.13. The van der Waals surface area contributed by atoms with E-state index in [0.717, 1.165) is 12.8 Å². The van der Waals surface area contributed by atoms with Crippen molar-refractivity contribution >= 4 is 33.8 Å². The molecule has 2 rings (SSSR count). The summed E-state index contributed by atoms with van der Waals surface area (Å²) in [4.78, 5) is 22.3. The summed E-state index contributed by atoms with van der Waals surface area (Å²) >= 11 is 0. The van der Waals surface area contributed by atoms with Gasteiger partial charge in [0, 0.05) is 10.5 Å². The molecule has 8 heteroatoms. The smallest absolute Gasteiger partial charge is 0.407 e. The van der Waals surface area contributed by atoms with E-state index in [2.05, 4.69) is 32.3 Å². The largest absolute Gasteiger partial charge is 0.453 e. The Morgan fingerprint density at radius 2 is 1.27 bits per heavy atom. The molecule has 0 spiro atoms. The van der Waals surface area contributed by atoms with Crippen molar-refractivity contribution in [1.29, 1.82) is 0 Å². The van der Waals surface area contributed by atoms with Gasteiger partial charge in [-0.3, -0.25) is 0 Å². The van der Waals surface area contributed by atoms with Crippen LogP contribution in [0.25, 0.3) is 0 Å². The maximum atomic E-state index is 11.2. The van der Waals surface area contributed by atoms with Gasteiger partial charge in [0.25, 0.3) is 0 Å². The monoisotopic (exact) mass is 344 g/mol. The fraction of sp³-hybridized carbons (Fsp3) is 0.571. The van der Waals surface area contributed by atoms with E-state index >= 15 is 0 Å². The Hall–Kier alpha value is -1.28. The van der Waals surface area contributed by atoms with Gasteiger partial charge in [0.05, 0.1) is 26.3 Å². The minimum absolute atomic E-state index is 0.0402. The lowest BCUT2D eigenvalue weighted by molar-refractivity contribution is 0.167. The van der Waals surface area contributed by atoms with E-state index in [9.17, 15) is 9.59 Å². The number of hydrogen-bond acceptors (Lipinski definition) is 6. The van der Waals surface area contributed by atoms with Gasteiger partial charge in [-0.2, -0.15) is 0 Å². The molecular formula is C14H20N2O4S2. The van der Waals surface area contributed by atoms with E-state index in [0.29, 0.717) is 10.5 Å². The maximum Gasteiger partial charge on any atom is 0.407 e. The number of amides is 2. The van der Waals surface area contributed by atoms with Gasteiger partial charge in [0.1, 0.15) is 0 Å². The number of nitrogens with one attached hydrogen (secondary N) is 2. The van der Waals surface area contributed by atoms with Gasteiger partial charge in [0.2, 0.25) is 0 Å². The summed E-state index contributed by atoms with van der Waals surface area (Å²) < 4.78 is 9.18. The molecular weight excluding hydrogens is 324 g/mol. The molecule has 22 heavy (non-hydrogen) atoms. The quantitative estimate of drug-likeness (QED) is 0.589. The Labute approximate surface area is 137 Å². The lowest BCUT2D eigenvalue weighted by atomic mass is 10.3. The molecule has 0 unspecified atom stereocenters. The van der Waals surface area contributed by atoms with Crippen molar-refractivity contribution in [2.75, 3.05) is 14.2 Å². The van der Waals surface area contributed by atoms with Crippen molar-refractivity contribution in [2.24, 2.45) is 0 Å². The van der Waals surface area contributed by atoms with Gasteiger partial charge >= 0.3 is 12.2 Å². The number of carbonyl (C=O) groups excluding carboxylic acids is 2. The molecule has 122 valence electrons. The van der Waals surface area contributed by atoms with Crippen LogP contribution in [0.4, 0.5) is 9.59 Å². The van der Waals surface area contributed by atoms with Crippen LogP contribution >= 0.6 is 21.6 Å². The molecule has 0 aromatic rings. The van der Waals surface area contributed by atoms with E-state index < -0.39 is 12.2 Å². The molecule has 0 fully saturated rings. The van der Waals surface area contributed by atoms with Gasteiger partial charge in [-0.15, -0.1) is 0 Å². The zero-order chi connectivity index (χ0) is 15.9. The first-order valence-corrected chi connectivity index (χ1v) is 9.26. The van der Waals surface area contributed by atoms with E-state index in [1.807, 2.05) is 12.2 Å². The summed E-state index contributed by atoms with van der Waals surface area (Å²) in [5, 5.41) is 6.29. The average Bonchev–Trinajstić information content (AvgIpc) is 3.14. The molecule has 0 aromatic heterocycles. The molecule has 4 atom stereocenters. The van der Waals surface area contributed by atoms with Crippen LogP contribution in [0.3, 0.4) is 0 Å². The number of rotatable bonds is 5. The Bertz CT molecular complexity index is 428. The second-order valence-electron chi connectivity index (χ2n) is 5.00. The standard InChI is InChI=1S/C14H20N2O4S2/c1-19-13(17)15-9-3-5-11(7-9)21-22-12-6-4-10(8-12)16-14(18)20-2/h3-6,9-12H,7-8H2,1-2H3,(H,15,17)(H,16,18)/t9-,10-,11+,12+/m1/s1. The molecule has 0 bridgehead atoms. The maximum absolute atomic E-state index is 11.2. The summed E-state index contributed by atoms with van der Waals surface area (Å²) in [6, 6.07) is 0.0804. The fourth-order valence-electron chi connectivity index (χ4n) is 2.25. The van der Waals surface area contributed by atoms with Crippen LogP contribution in [0.2, 0.25) is 0 Å². The second-order valence-corrected chi connectivity index (χ2v) is 7.75. The Kier molecular flexibility index (Phi) is 6.50. The lowest BCUT2D eigenvalue weighted by Gasteiger charge is -2.15. The number of carbonyl (C=O) groups is 2. The first-order valence-electron chi connectivity index (χ1n) is 6.98. The first kappa shape index (κ1) is 17.1. The van der Waals surface area contributed by atoms with Crippen LogP contribution in [-0.2, 0) is 9.47 Å². The van der Waals surface area contributed by atoms with E-state index in [-0.39, 0.29) is 12.1 Å². The van der Waals surface area contributed by atoms with Crippen molar-refractivity contribution in [1.82, 2.24) is 10.6 Å². The number of ether oxygens (including phenoxy) is 2. The number of alkyl carbamates (subject to hydrolysis) is 2. The van der Waals surface area contributed by atoms with Crippen molar-refractivity contribution in [3.8, 4) is 0 Å². The molecule has 2 N–H and O–H groups in total. The highest BCUT2D eigenvalue weighted by Crippen LogP contribution is 2.39. The summed E-state index contributed by atoms with van der Waals surface area (Å²) in [6.45, 7) is 0. The molecule has 0 saturated heterocycles. The minimum Gasteiger partial charge on any atom is -0.453 e. The molecule has 0 heterocycles. The molecule has 2 aliphatic carbocycles. The highest BCUT2D eigenvalue weighted by Gasteiger charge is 2.25. The van der Waals surface area contributed by atoms with Gasteiger partial charge < -0.3 is 20.1 Å². The molecule has 2 amide bonds. The van der Waals surface area contributed by atoms with Crippen molar-refractivity contribution in [2.45, 2.75) is 35.4 Å². The van der Waals surface area contributed by atoms with Gasteiger partial charge in [-0.1, -0.05) is 45.9 Å². The SMILES string of the molecule is COC(=O)N[C@@H]1C=C[C@H](SS[C@H]2C=C[C@@H](NC(=O)OC)C2)C1. The zero-order valence-corrected chi connectivity index (χ0v) is 14.1.